The molecule has 3 nitrogen and oxygen atoms in total. The number of rotatable bonds is 4. The number of hydrogen-bond acceptors (Lipinski definition) is 2. The van der Waals surface area contributed by atoms with Gasteiger partial charge in [0.15, 0.2) is 0 Å². The van der Waals surface area contributed by atoms with Gasteiger partial charge in [0.25, 0.3) is 0 Å². The smallest absolute Gasteiger partial charge is 0.225 e. The number of amides is 1. The molecule has 1 heterocycles. The summed E-state index contributed by atoms with van der Waals surface area (Å²) >= 11 is 8.73. The summed E-state index contributed by atoms with van der Waals surface area (Å²) in [4.78, 5) is 15.2. The minimum atomic E-state index is -0.0551. The number of pyridine rings is 1. The van der Waals surface area contributed by atoms with Crippen molar-refractivity contribution < 1.29 is 4.79 Å². The molecule has 1 rings (SSSR count). The third-order valence-corrected chi connectivity index (χ3v) is 2.27. The van der Waals surface area contributed by atoms with E-state index in [0.717, 1.165) is 4.47 Å². The number of nitrogens with one attached hydrogen (secondary N) is 1. The van der Waals surface area contributed by atoms with Crippen LogP contribution in [0.3, 0.4) is 0 Å². The van der Waals surface area contributed by atoms with E-state index in [4.69, 9.17) is 11.6 Å². The lowest BCUT2D eigenvalue weighted by atomic mass is 10.3. The first kappa shape index (κ1) is 11.5. The highest BCUT2D eigenvalue weighted by Crippen LogP contribution is 2.10. The molecule has 1 aromatic heterocycles. The Morgan fingerprint density at radius 3 is 2.93 bits per heavy atom. The number of halogens is 2. The molecule has 0 aromatic carbocycles. The summed E-state index contributed by atoms with van der Waals surface area (Å²) < 4.78 is 0.885. The van der Waals surface area contributed by atoms with E-state index in [1.807, 2.05) is 6.07 Å². The molecule has 0 spiro atoms. The molecular weight excluding hydrogens is 267 g/mol. The van der Waals surface area contributed by atoms with Gasteiger partial charge in [-0.15, -0.1) is 11.6 Å². The number of aromatic nitrogens is 1. The number of carbonyl (C=O) groups excluding carboxylic acids is 1. The Balaban J connectivity index is 2.44. The summed E-state index contributed by atoms with van der Waals surface area (Å²) in [5.41, 5.74) is 0. The summed E-state index contributed by atoms with van der Waals surface area (Å²) in [5, 5.41) is 2.67. The van der Waals surface area contributed by atoms with Crippen LogP contribution in [0.1, 0.15) is 12.8 Å². The predicted molar refractivity (Wildman–Crippen MR) is 60.5 cm³/mol. The molecule has 1 N–H and O–H groups in total. The van der Waals surface area contributed by atoms with Gasteiger partial charge in [0.2, 0.25) is 5.91 Å². The normalized spacial score (nSPS) is 9.86. The second-order valence-corrected chi connectivity index (χ2v) is 4.00. The fourth-order valence-corrected chi connectivity index (χ4v) is 1.25. The van der Waals surface area contributed by atoms with Crippen molar-refractivity contribution in [1.29, 1.82) is 0 Å². The molecule has 0 saturated heterocycles. The maximum Gasteiger partial charge on any atom is 0.225 e. The van der Waals surface area contributed by atoms with Crippen molar-refractivity contribution >= 4 is 39.3 Å². The molecule has 0 unspecified atom stereocenters. The molecule has 0 saturated carbocycles. The first-order valence-corrected chi connectivity index (χ1v) is 5.52. The van der Waals surface area contributed by atoms with Gasteiger partial charge in [0.05, 0.1) is 0 Å². The van der Waals surface area contributed by atoms with Crippen LogP contribution in [-0.2, 0) is 4.79 Å². The molecule has 1 amide bonds. The van der Waals surface area contributed by atoms with Crippen LogP contribution in [0.4, 0.5) is 5.82 Å². The molecule has 76 valence electrons. The maximum absolute atomic E-state index is 11.2. The monoisotopic (exact) mass is 276 g/mol. The van der Waals surface area contributed by atoms with Gasteiger partial charge in [0, 0.05) is 23.0 Å². The zero-order valence-electron chi connectivity index (χ0n) is 7.46. The minimum Gasteiger partial charge on any atom is -0.311 e. The van der Waals surface area contributed by atoms with Crippen molar-refractivity contribution in [2.75, 3.05) is 11.2 Å². The average molecular weight is 278 g/mol. The van der Waals surface area contributed by atoms with Crippen LogP contribution in [0.25, 0.3) is 0 Å². The third-order valence-electron chi connectivity index (χ3n) is 1.53. The summed E-state index contributed by atoms with van der Waals surface area (Å²) in [5.74, 6) is 1.01. The average Bonchev–Trinajstić information content (AvgIpc) is 2.18. The first-order chi connectivity index (χ1) is 6.72. The Kier molecular flexibility index (Phi) is 4.90. The molecule has 0 bridgehead atoms. The van der Waals surface area contributed by atoms with Gasteiger partial charge in [-0.3, -0.25) is 4.79 Å². The third kappa shape index (κ3) is 4.07. The van der Waals surface area contributed by atoms with Crippen molar-refractivity contribution in [1.82, 2.24) is 4.98 Å². The highest BCUT2D eigenvalue weighted by atomic mass is 79.9. The molecule has 0 aliphatic carbocycles. The standard InChI is InChI=1S/C9H10BrClN2O/c10-7-3-4-8(12-6-7)13-9(14)2-1-5-11/h3-4,6H,1-2,5H2,(H,12,13,14). The molecule has 0 fully saturated rings. The number of nitrogens with zero attached hydrogens (tertiary/aromatic N) is 1. The zero-order chi connectivity index (χ0) is 10.4. The van der Waals surface area contributed by atoms with Crippen molar-refractivity contribution in [2.24, 2.45) is 0 Å². The predicted octanol–water partition coefficient (Wildman–Crippen LogP) is 2.80. The van der Waals surface area contributed by atoms with E-state index in [-0.39, 0.29) is 5.91 Å². The van der Waals surface area contributed by atoms with Crippen LogP contribution >= 0.6 is 27.5 Å². The highest BCUT2D eigenvalue weighted by Gasteiger charge is 2.01. The van der Waals surface area contributed by atoms with E-state index in [0.29, 0.717) is 24.5 Å². The van der Waals surface area contributed by atoms with Gasteiger partial charge in [-0.1, -0.05) is 0 Å². The van der Waals surface area contributed by atoms with E-state index in [9.17, 15) is 4.79 Å². The van der Waals surface area contributed by atoms with Crippen LogP contribution in [0.2, 0.25) is 0 Å². The van der Waals surface area contributed by atoms with Gasteiger partial charge in [-0.05, 0) is 34.5 Å². The van der Waals surface area contributed by atoms with Crippen molar-refractivity contribution in [3.05, 3.63) is 22.8 Å². The number of alkyl halides is 1. The zero-order valence-corrected chi connectivity index (χ0v) is 9.81. The molecule has 0 radical (unpaired) electrons. The maximum atomic E-state index is 11.2. The lowest BCUT2D eigenvalue weighted by molar-refractivity contribution is -0.116. The number of hydrogen-bond donors (Lipinski definition) is 1. The van der Waals surface area contributed by atoms with Gasteiger partial charge in [-0.2, -0.15) is 0 Å². The Bertz CT molecular complexity index is 302. The van der Waals surface area contributed by atoms with Gasteiger partial charge >= 0.3 is 0 Å². The van der Waals surface area contributed by atoms with E-state index in [1.54, 1.807) is 12.3 Å². The van der Waals surface area contributed by atoms with Crippen molar-refractivity contribution in [3.63, 3.8) is 0 Å². The molecule has 0 aliphatic rings. The SMILES string of the molecule is O=C(CCCCl)Nc1ccc(Br)cn1. The Labute approximate surface area is 96.0 Å². The van der Waals surface area contributed by atoms with E-state index >= 15 is 0 Å². The molecule has 1 aromatic rings. The van der Waals surface area contributed by atoms with Crippen molar-refractivity contribution in [2.45, 2.75) is 12.8 Å². The van der Waals surface area contributed by atoms with Crippen LogP contribution in [0, 0.1) is 0 Å². The van der Waals surface area contributed by atoms with Gasteiger partial charge in [0.1, 0.15) is 5.82 Å². The summed E-state index contributed by atoms with van der Waals surface area (Å²) in [6.45, 7) is 0. The van der Waals surface area contributed by atoms with E-state index in [1.165, 1.54) is 0 Å². The van der Waals surface area contributed by atoms with Crippen LogP contribution < -0.4 is 5.32 Å². The van der Waals surface area contributed by atoms with Crippen LogP contribution in [0.5, 0.6) is 0 Å². The first-order valence-electron chi connectivity index (χ1n) is 4.20. The quantitative estimate of drug-likeness (QED) is 0.860. The Morgan fingerprint density at radius 1 is 1.57 bits per heavy atom. The summed E-state index contributed by atoms with van der Waals surface area (Å²) in [6, 6.07) is 3.56. The second kappa shape index (κ2) is 5.98. The Morgan fingerprint density at radius 2 is 2.36 bits per heavy atom. The van der Waals surface area contributed by atoms with Gasteiger partial charge in [-0.25, -0.2) is 4.98 Å². The number of anilines is 1. The molecule has 0 aliphatic heterocycles. The fraction of sp³-hybridized carbons (Fsp3) is 0.333. The lowest BCUT2D eigenvalue weighted by Gasteiger charge is -2.02. The van der Waals surface area contributed by atoms with E-state index in [2.05, 4.69) is 26.2 Å². The Hall–Kier alpha value is -0.610. The molecule has 0 atom stereocenters. The molecule has 14 heavy (non-hydrogen) atoms. The van der Waals surface area contributed by atoms with Crippen LogP contribution in [0.15, 0.2) is 22.8 Å². The van der Waals surface area contributed by atoms with Crippen molar-refractivity contribution in [3.8, 4) is 0 Å². The van der Waals surface area contributed by atoms with Gasteiger partial charge < -0.3 is 5.32 Å². The lowest BCUT2D eigenvalue weighted by Crippen LogP contribution is -2.12. The van der Waals surface area contributed by atoms with Crippen LogP contribution in [-0.4, -0.2) is 16.8 Å². The van der Waals surface area contributed by atoms with E-state index < -0.39 is 0 Å². The highest BCUT2D eigenvalue weighted by molar-refractivity contribution is 9.10. The largest absolute Gasteiger partial charge is 0.311 e. The second-order valence-electron chi connectivity index (χ2n) is 2.70. The summed E-state index contributed by atoms with van der Waals surface area (Å²) in [7, 11) is 0. The minimum absolute atomic E-state index is 0.0551. The molecule has 5 heteroatoms. The fourth-order valence-electron chi connectivity index (χ4n) is 0.882. The number of carbonyl (C=O) groups is 1. The molecular formula is C9H10BrClN2O. The topological polar surface area (TPSA) is 42.0 Å². The summed E-state index contributed by atoms with van der Waals surface area (Å²) in [6.07, 6.45) is 2.75.